The first kappa shape index (κ1) is 16.3. The average molecular weight is 321 g/mol. The number of H-pyrrole nitrogens is 1. The number of nitrogens with one attached hydrogen (secondary N) is 1. The molecule has 1 aromatic heterocycles. The minimum absolute atomic E-state index is 0.810. The SMILES string of the molecule is COc1ccccc1-c1ccccc1CN(C)Cc1cc(C)[nH]n1. The smallest absolute Gasteiger partial charge is 0.126 e. The van der Waals surface area contributed by atoms with E-state index in [-0.39, 0.29) is 0 Å². The van der Waals surface area contributed by atoms with E-state index in [9.17, 15) is 0 Å². The molecular weight excluding hydrogens is 298 g/mol. The third-order valence-corrected chi connectivity index (χ3v) is 4.05. The van der Waals surface area contributed by atoms with Crippen molar-refractivity contribution in [2.24, 2.45) is 0 Å². The van der Waals surface area contributed by atoms with Crippen molar-refractivity contribution in [2.45, 2.75) is 20.0 Å². The number of ether oxygens (including phenoxy) is 1. The van der Waals surface area contributed by atoms with Gasteiger partial charge in [0.15, 0.2) is 0 Å². The fourth-order valence-corrected chi connectivity index (χ4v) is 2.97. The van der Waals surface area contributed by atoms with E-state index in [4.69, 9.17) is 4.74 Å². The summed E-state index contributed by atoms with van der Waals surface area (Å²) in [7, 11) is 3.83. The van der Waals surface area contributed by atoms with Gasteiger partial charge in [-0.3, -0.25) is 10.00 Å². The van der Waals surface area contributed by atoms with Crippen LogP contribution in [0.3, 0.4) is 0 Å². The van der Waals surface area contributed by atoms with Gasteiger partial charge >= 0.3 is 0 Å². The maximum Gasteiger partial charge on any atom is 0.126 e. The molecule has 0 atom stereocenters. The molecule has 1 heterocycles. The molecule has 3 aromatic rings. The van der Waals surface area contributed by atoms with Crippen molar-refractivity contribution in [1.82, 2.24) is 15.1 Å². The van der Waals surface area contributed by atoms with Gasteiger partial charge in [-0.2, -0.15) is 5.10 Å². The van der Waals surface area contributed by atoms with Crippen molar-refractivity contribution < 1.29 is 4.74 Å². The number of hydrogen-bond acceptors (Lipinski definition) is 3. The minimum Gasteiger partial charge on any atom is -0.496 e. The fourth-order valence-electron chi connectivity index (χ4n) is 2.97. The van der Waals surface area contributed by atoms with Crippen LogP contribution in [0.15, 0.2) is 54.6 Å². The summed E-state index contributed by atoms with van der Waals surface area (Å²) in [6.45, 7) is 3.68. The summed E-state index contributed by atoms with van der Waals surface area (Å²) in [6, 6.07) is 18.7. The zero-order valence-corrected chi connectivity index (χ0v) is 14.4. The quantitative estimate of drug-likeness (QED) is 0.745. The molecule has 0 bridgehead atoms. The van der Waals surface area contributed by atoms with E-state index < -0.39 is 0 Å². The monoisotopic (exact) mass is 321 g/mol. The van der Waals surface area contributed by atoms with Crippen molar-refractivity contribution in [3.8, 4) is 16.9 Å². The van der Waals surface area contributed by atoms with Crippen molar-refractivity contribution in [3.05, 3.63) is 71.5 Å². The Morgan fingerprint density at radius 1 is 1.00 bits per heavy atom. The molecule has 4 nitrogen and oxygen atoms in total. The Labute approximate surface area is 143 Å². The standard InChI is InChI=1S/C20H23N3O/c1-15-12-17(22-21-15)14-23(2)13-16-8-4-5-9-18(16)19-10-6-7-11-20(19)24-3/h4-12H,13-14H2,1-3H3,(H,21,22). The molecule has 0 aliphatic carbocycles. The van der Waals surface area contributed by atoms with Gasteiger partial charge in [-0.25, -0.2) is 0 Å². The highest BCUT2D eigenvalue weighted by Crippen LogP contribution is 2.32. The number of aromatic nitrogens is 2. The Morgan fingerprint density at radius 3 is 2.42 bits per heavy atom. The van der Waals surface area contributed by atoms with Crippen LogP contribution in [0, 0.1) is 6.92 Å². The number of rotatable bonds is 6. The fraction of sp³-hybridized carbons (Fsp3) is 0.250. The number of aryl methyl sites for hydroxylation is 1. The summed E-state index contributed by atoms with van der Waals surface area (Å²) < 4.78 is 5.53. The lowest BCUT2D eigenvalue weighted by atomic mass is 9.98. The van der Waals surface area contributed by atoms with Gasteiger partial charge < -0.3 is 4.74 Å². The van der Waals surface area contributed by atoms with E-state index in [0.29, 0.717) is 0 Å². The molecule has 24 heavy (non-hydrogen) atoms. The first-order chi connectivity index (χ1) is 11.7. The van der Waals surface area contributed by atoms with Gasteiger partial charge in [0.25, 0.3) is 0 Å². The molecule has 0 fully saturated rings. The van der Waals surface area contributed by atoms with Crippen molar-refractivity contribution in [3.63, 3.8) is 0 Å². The molecule has 0 saturated carbocycles. The van der Waals surface area contributed by atoms with E-state index in [1.165, 1.54) is 11.1 Å². The molecule has 1 N–H and O–H groups in total. The van der Waals surface area contributed by atoms with Crippen LogP contribution in [-0.2, 0) is 13.1 Å². The highest BCUT2D eigenvalue weighted by Gasteiger charge is 2.12. The number of nitrogens with zero attached hydrogens (tertiary/aromatic N) is 2. The summed E-state index contributed by atoms with van der Waals surface area (Å²) in [4.78, 5) is 2.27. The van der Waals surface area contributed by atoms with Gasteiger partial charge in [-0.05, 0) is 37.2 Å². The molecule has 0 unspecified atom stereocenters. The van der Waals surface area contributed by atoms with Gasteiger partial charge in [-0.15, -0.1) is 0 Å². The maximum absolute atomic E-state index is 5.53. The largest absolute Gasteiger partial charge is 0.496 e. The Hall–Kier alpha value is -2.59. The van der Waals surface area contributed by atoms with Crippen LogP contribution in [0.4, 0.5) is 0 Å². The second kappa shape index (κ2) is 7.32. The summed E-state index contributed by atoms with van der Waals surface area (Å²) in [5, 5.41) is 7.32. The third-order valence-electron chi connectivity index (χ3n) is 4.05. The predicted molar refractivity (Wildman–Crippen MR) is 96.9 cm³/mol. The molecule has 0 aliphatic rings. The zero-order valence-electron chi connectivity index (χ0n) is 14.4. The number of para-hydroxylation sites is 1. The Morgan fingerprint density at radius 2 is 1.71 bits per heavy atom. The first-order valence-corrected chi connectivity index (χ1v) is 8.08. The highest BCUT2D eigenvalue weighted by molar-refractivity contribution is 5.73. The second-order valence-electron chi connectivity index (χ2n) is 6.07. The molecule has 0 aliphatic heterocycles. The maximum atomic E-state index is 5.53. The van der Waals surface area contributed by atoms with E-state index in [0.717, 1.165) is 35.8 Å². The Balaban J connectivity index is 1.84. The predicted octanol–water partition coefficient (Wildman–Crippen LogP) is 4.03. The average Bonchev–Trinajstić information content (AvgIpc) is 3.00. The lowest BCUT2D eigenvalue weighted by Crippen LogP contribution is -2.18. The second-order valence-corrected chi connectivity index (χ2v) is 6.07. The van der Waals surface area contributed by atoms with Crippen LogP contribution >= 0.6 is 0 Å². The van der Waals surface area contributed by atoms with E-state index >= 15 is 0 Å². The summed E-state index contributed by atoms with van der Waals surface area (Å²) in [5.74, 6) is 0.899. The lowest BCUT2D eigenvalue weighted by Gasteiger charge is -2.19. The highest BCUT2D eigenvalue weighted by atomic mass is 16.5. The third kappa shape index (κ3) is 3.66. The molecule has 3 rings (SSSR count). The molecule has 0 amide bonds. The minimum atomic E-state index is 0.810. The van der Waals surface area contributed by atoms with E-state index in [1.54, 1.807) is 7.11 Å². The Kier molecular flexibility index (Phi) is 4.96. The van der Waals surface area contributed by atoms with Gasteiger partial charge in [0.2, 0.25) is 0 Å². The number of benzene rings is 2. The molecule has 0 radical (unpaired) electrons. The lowest BCUT2D eigenvalue weighted by molar-refractivity contribution is 0.315. The van der Waals surface area contributed by atoms with Crippen LogP contribution in [0.2, 0.25) is 0 Å². The van der Waals surface area contributed by atoms with Crippen LogP contribution in [0.25, 0.3) is 11.1 Å². The zero-order chi connectivity index (χ0) is 16.9. The van der Waals surface area contributed by atoms with Crippen molar-refractivity contribution in [1.29, 1.82) is 0 Å². The van der Waals surface area contributed by atoms with E-state index in [1.807, 2.05) is 25.1 Å². The molecule has 2 aromatic carbocycles. The molecule has 4 heteroatoms. The molecule has 0 spiro atoms. The number of methoxy groups -OCH3 is 1. The van der Waals surface area contributed by atoms with E-state index in [2.05, 4.69) is 58.5 Å². The molecule has 124 valence electrons. The van der Waals surface area contributed by atoms with Crippen LogP contribution in [0.1, 0.15) is 17.0 Å². The first-order valence-electron chi connectivity index (χ1n) is 8.08. The topological polar surface area (TPSA) is 41.1 Å². The van der Waals surface area contributed by atoms with Crippen LogP contribution in [-0.4, -0.2) is 29.3 Å². The van der Waals surface area contributed by atoms with Gasteiger partial charge in [0.1, 0.15) is 5.75 Å². The van der Waals surface area contributed by atoms with Crippen molar-refractivity contribution >= 4 is 0 Å². The molecule has 0 saturated heterocycles. The van der Waals surface area contributed by atoms with Gasteiger partial charge in [0, 0.05) is 24.3 Å². The van der Waals surface area contributed by atoms with Gasteiger partial charge in [0.05, 0.1) is 12.8 Å². The van der Waals surface area contributed by atoms with Gasteiger partial charge in [-0.1, -0.05) is 42.5 Å². The normalized spacial score (nSPS) is 11.0. The summed E-state index contributed by atoms with van der Waals surface area (Å²) in [5.41, 5.74) is 5.76. The molecular formula is C20H23N3O. The van der Waals surface area contributed by atoms with Crippen molar-refractivity contribution in [2.75, 3.05) is 14.2 Å². The van der Waals surface area contributed by atoms with Crippen LogP contribution < -0.4 is 4.74 Å². The number of aromatic amines is 1. The Bertz CT molecular complexity index is 810. The van der Waals surface area contributed by atoms with Crippen LogP contribution in [0.5, 0.6) is 5.75 Å². The summed E-state index contributed by atoms with van der Waals surface area (Å²) >= 11 is 0. The number of hydrogen-bond donors (Lipinski definition) is 1. The summed E-state index contributed by atoms with van der Waals surface area (Å²) in [6.07, 6.45) is 0.